The maximum atomic E-state index is 12.4. The molecule has 4 aliphatic carbocycles. The van der Waals surface area contributed by atoms with Crippen molar-refractivity contribution in [2.75, 3.05) is 6.61 Å². The van der Waals surface area contributed by atoms with Crippen LogP contribution in [0.2, 0.25) is 0 Å². The number of ether oxygens (including phenoxy) is 3. The molecule has 40 heavy (non-hydrogen) atoms. The zero-order chi connectivity index (χ0) is 29.5. The van der Waals surface area contributed by atoms with E-state index < -0.39 is 23.3 Å². The highest BCUT2D eigenvalue weighted by atomic mass is 16.7. The van der Waals surface area contributed by atoms with Crippen molar-refractivity contribution in [3.05, 3.63) is 0 Å². The molecule has 0 aromatic carbocycles. The number of epoxide rings is 1. The van der Waals surface area contributed by atoms with Gasteiger partial charge in [0.25, 0.3) is 0 Å². The molecule has 0 amide bonds. The summed E-state index contributed by atoms with van der Waals surface area (Å²) in [5, 5.41) is 11.3. The summed E-state index contributed by atoms with van der Waals surface area (Å²) in [5.74, 6) is 1.52. The Morgan fingerprint density at radius 1 is 1.02 bits per heavy atom. The topological polar surface area (TPSA) is 102 Å². The molecule has 4 saturated carbocycles. The normalized spacial score (nSPS) is 45.8. The van der Waals surface area contributed by atoms with E-state index in [2.05, 4.69) is 20.8 Å². The molecule has 12 unspecified atom stereocenters. The Balaban J connectivity index is 1.40. The number of ketones is 1. The lowest BCUT2D eigenvalue weighted by Crippen LogP contribution is -2.57. The molecule has 1 N–H and O–H groups in total. The van der Waals surface area contributed by atoms with Gasteiger partial charge < -0.3 is 19.3 Å². The van der Waals surface area contributed by atoms with Crippen molar-refractivity contribution in [3.8, 4) is 0 Å². The lowest BCUT2D eigenvalue weighted by molar-refractivity contribution is -0.163. The van der Waals surface area contributed by atoms with E-state index in [0.717, 1.165) is 44.9 Å². The van der Waals surface area contributed by atoms with Crippen molar-refractivity contribution >= 4 is 17.7 Å². The van der Waals surface area contributed by atoms with Gasteiger partial charge in [-0.05, 0) is 93.8 Å². The number of Topliss-reactive ketones (excluding diaryl/α,β-unsaturated/α-hetero) is 1. The van der Waals surface area contributed by atoms with Gasteiger partial charge in [-0.2, -0.15) is 0 Å². The van der Waals surface area contributed by atoms with E-state index in [9.17, 15) is 19.5 Å². The summed E-state index contributed by atoms with van der Waals surface area (Å²) in [6.45, 7) is 15.3. The first-order valence-electron chi connectivity index (χ1n) is 15.8. The molecule has 0 aromatic heterocycles. The molecule has 1 aliphatic heterocycles. The third-order valence-corrected chi connectivity index (χ3v) is 13.4. The molecule has 0 bridgehead atoms. The lowest BCUT2D eigenvalue weighted by Gasteiger charge is -2.60. The first kappa shape index (κ1) is 30.0. The van der Waals surface area contributed by atoms with Crippen molar-refractivity contribution in [1.29, 1.82) is 0 Å². The fourth-order valence-corrected chi connectivity index (χ4v) is 10.8. The van der Waals surface area contributed by atoms with Gasteiger partial charge >= 0.3 is 11.9 Å². The first-order valence-corrected chi connectivity index (χ1v) is 15.8. The summed E-state index contributed by atoms with van der Waals surface area (Å²) in [5.41, 5.74) is -2.06. The minimum Gasteiger partial charge on any atom is -0.463 e. The summed E-state index contributed by atoms with van der Waals surface area (Å²) in [6, 6.07) is 0. The molecule has 1 heterocycles. The molecular weight excluding hydrogens is 508 g/mol. The van der Waals surface area contributed by atoms with Crippen LogP contribution in [0.5, 0.6) is 0 Å². The van der Waals surface area contributed by atoms with Crippen LogP contribution in [0.1, 0.15) is 113 Å². The van der Waals surface area contributed by atoms with Crippen LogP contribution >= 0.6 is 0 Å². The summed E-state index contributed by atoms with van der Waals surface area (Å²) in [4.78, 5) is 36.2. The average molecular weight is 561 g/mol. The van der Waals surface area contributed by atoms with Crippen LogP contribution < -0.4 is 0 Å². The predicted octanol–water partition coefficient (Wildman–Crippen LogP) is 5.64. The summed E-state index contributed by atoms with van der Waals surface area (Å²) >= 11 is 0. The number of carbonyl (C=O) groups is 3. The van der Waals surface area contributed by atoms with Crippen LogP contribution in [0.4, 0.5) is 0 Å². The van der Waals surface area contributed by atoms with Gasteiger partial charge in [-0.1, -0.05) is 27.7 Å². The van der Waals surface area contributed by atoms with Crippen LogP contribution in [-0.2, 0) is 28.6 Å². The molecule has 0 radical (unpaired) electrons. The highest BCUT2D eigenvalue weighted by Crippen LogP contribution is 2.77. The molecule has 5 fully saturated rings. The molecule has 7 heteroatoms. The van der Waals surface area contributed by atoms with E-state index in [1.165, 1.54) is 26.7 Å². The number of esters is 2. The molecule has 12 atom stereocenters. The van der Waals surface area contributed by atoms with E-state index in [1.807, 2.05) is 13.8 Å². The largest absolute Gasteiger partial charge is 0.463 e. The van der Waals surface area contributed by atoms with Crippen LogP contribution in [0, 0.1) is 46.3 Å². The van der Waals surface area contributed by atoms with Crippen LogP contribution in [0.15, 0.2) is 0 Å². The molecule has 1 saturated heterocycles. The number of rotatable bonds is 7. The number of fused-ring (bicyclic) bond motifs is 6. The Labute approximate surface area is 240 Å². The van der Waals surface area contributed by atoms with Crippen molar-refractivity contribution in [2.24, 2.45) is 46.3 Å². The van der Waals surface area contributed by atoms with Gasteiger partial charge in [-0.3, -0.25) is 14.4 Å². The Hall–Kier alpha value is -1.47. The second-order valence-electron chi connectivity index (χ2n) is 15.2. The number of hydrogen-bond donors (Lipinski definition) is 1. The van der Waals surface area contributed by atoms with Crippen LogP contribution in [0.3, 0.4) is 0 Å². The molecule has 7 nitrogen and oxygen atoms in total. The van der Waals surface area contributed by atoms with Crippen molar-refractivity contribution in [3.63, 3.8) is 0 Å². The van der Waals surface area contributed by atoms with E-state index in [0.29, 0.717) is 29.5 Å². The monoisotopic (exact) mass is 560 g/mol. The molecule has 5 aliphatic rings. The minimum absolute atomic E-state index is 0.0157. The third kappa shape index (κ3) is 4.30. The van der Waals surface area contributed by atoms with Crippen LogP contribution in [0.25, 0.3) is 0 Å². The van der Waals surface area contributed by atoms with Gasteiger partial charge in [0.15, 0.2) is 0 Å². The quantitative estimate of drug-likeness (QED) is 0.317. The highest BCUT2D eigenvalue weighted by Gasteiger charge is 2.83. The highest BCUT2D eigenvalue weighted by molar-refractivity contribution is 5.79. The molecule has 0 aromatic rings. The summed E-state index contributed by atoms with van der Waals surface area (Å²) in [7, 11) is 0. The van der Waals surface area contributed by atoms with Crippen LogP contribution in [-0.4, -0.2) is 52.3 Å². The number of carbonyl (C=O) groups excluding carboxylic acids is 3. The lowest BCUT2D eigenvalue weighted by atomic mass is 9.44. The maximum Gasteiger partial charge on any atom is 0.303 e. The molecule has 1 spiro atoms. The van der Waals surface area contributed by atoms with E-state index in [1.54, 1.807) is 6.92 Å². The van der Waals surface area contributed by atoms with Gasteiger partial charge in [0.1, 0.15) is 29.7 Å². The smallest absolute Gasteiger partial charge is 0.303 e. The van der Waals surface area contributed by atoms with E-state index in [-0.39, 0.29) is 40.8 Å². The predicted molar refractivity (Wildman–Crippen MR) is 150 cm³/mol. The molecular formula is C33H52O7. The number of aliphatic hydroxyl groups is 1. The Morgan fingerprint density at radius 2 is 1.70 bits per heavy atom. The van der Waals surface area contributed by atoms with Gasteiger partial charge in [0.05, 0.1) is 5.60 Å². The summed E-state index contributed by atoms with van der Waals surface area (Å²) < 4.78 is 18.2. The van der Waals surface area contributed by atoms with Crippen molar-refractivity contribution < 1.29 is 33.7 Å². The SMILES string of the molecule is CC(=O)OCC(C)(O)C(C)C(C)C(OC(C)=O)C1(C)OC12CCC1C3CCC4CC(=O)CCC4(C)C3CCC12C. The van der Waals surface area contributed by atoms with E-state index in [4.69, 9.17) is 14.2 Å². The van der Waals surface area contributed by atoms with Gasteiger partial charge in [0.2, 0.25) is 0 Å². The molecule has 5 rings (SSSR count). The fraction of sp³-hybridized carbons (Fsp3) is 0.909. The maximum absolute atomic E-state index is 12.4. The van der Waals surface area contributed by atoms with Gasteiger partial charge in [-0.15, -0.1) is 0 Å². The van der Waals surface area contributed by atoms with Crippen molar-refractivity contribution in [2.45, 2.75) is 136 Å². The average Bonchev–Trinajstić information content (AvgIpc) is 3.39. The Kier molecular flexibility index (Phi) is 7.34. The van der Waals surface area contributed by atoms with Crippen molar-refractivity contribution in [1.82, 2.24) is 0 Å². The number of hydrogen-bond acceptors (Lipinski definition) is 7. The fourth-order valence-electron chi connectivity index (χ4n) is 10.8. The zero-order valence-corrected chi connectivity index (χ0v) is 26.0. The van der Waals surface area contributed by atoms with Gasteiger partial charge in [0, 0.05) is 38.0 Å². The Morgan fingerprint density at radius 3 is 2.35 bits per heavy atom. The second-order valence-corrected chi connectivity index (χ2v) is 15.2. The minimum atomic E-state index is -1.28. The standard InChI is InChI=1S/C33H52O7/c1-19(20(2)31(7,37)18-38-21(3)34)28(39-22(4)35)32(8)33(40-32)16-13-27-25-10-9-23-17-24(36)11-14-29(23,5)26(25)12-15-30(27,33)6/h19-20,23,25-28,37H,9-18H2,1-8H3. The summed E-state index contributed by atoms with van der Waals surface area (Å²) in [6.07, 6.45) is 8.70. The second kappa shape index (κ2) is 9.79. The first-order chi connectivity index (χ1) is 18.5. The zero-order valence-electron chi connectivity index (χ0n) is 26.0. The third-order valence-electron chi connectivity index (χ3n) is 13.4. The van der Waals surface area contributed by atoms with E-state index >= 15 is 0 Å². The Bertz CT molecular complexity index is 1050. The van der Waals surface area contributed by atoms with Gasteiger partial charge in [-0.25, -0.2) is 0 Å². The molecule has 226 valence electrons.